The van der Waals surface area contributed by atoms with E-state index >= 15 is 0 Å². The zero-order chi connectivity index (χ0) is 24.8. The van der Waals surface area contributed by atoms with Gasteiger partial charge in [0, 0.05) is 36.6 Å². The number of carbonyl (C=O) groups is 2. The van der Waals surface area contributed by atoms with Crippen LogP contribution < -0.4 is 9.62 Å². The molecule has 0 saturated heterocycles. The van der Waals surface area contributed by atoms with Crippen molar-refractivity contribution in [1.29, 1.82) is 0 Å². The van der Waals surface area contributed by atoms with Crippen molar-refractivity contribution in [2.75, 3.05) is 24.2 Å². The van der Waals surface area contributed by atoms with Gasteiger partial charge in [0.1, 0.15) is 6.04 Å². The molecule has 0 unspecified atom stereocenters. The summed E-state index contributed by atoms with van der Waals surface area (Å²) in [5.41, 5.74) is 1.95. The Morgan fingerprint density at radius 2 is 1.79 bits per heavy atom. The molecule has 2 aromatic carbocycles. The van der Waals surface area contributed by atoms with Gasteiger partial charge < -0.3 is 10.2 Å². The van der Waals surface area contributed by atoms with Crippen LogP contribution in [0.2, 0.25) is 10.0 Å². The lowest BCUT2D eigenvalue weighted by Crippen LogP contribution is -2.46. The average molecular weight is 514 g/mol. The fourth-order valence-corrected chi connectivity index (χ4v) is 4.81. The molecule has 2 rings (SSSR count). The molecule has 7 nitrogen and oxygen atoms in total. The molecule has 1 N–H and O–H groups in total. The summed E-state index contributed by atoms with van der Waals surface area (Å²) >= 11 is 12.3. The number of anilines is 1. The molecule has 1 atom stereocenters. The number of amides is 2. The summed E-state index contributed by atoms with van der Waals surface area (Å²) in [4.78, 5) is 26.8. The molecule has 0 aliphatic rings. The first kappa shape index (κ1) is 27.0. The predicted molar refractivity (Wildman–Crippen MR) is 133 cm³/mol. The topological polar surface area (TPSA) is 86.8 Å². The number of aryl methyl sites for hydroxylation is 1. The molecule has 0 aliphatic heterocycles. The SMILES string of the molecule is CNC(=O)[C@@H](C)N(Cc1ccccc1Cl)C(=O)CCCN(c1cc(Cl)ccc1C)S(C)(=O)=O. The van der Waals surface area contributed by atoms with Gasteiger partial charge in [0.25, 0.3) is 0 Å². The van der Waals surface area contributed by atoms with Gasteiger partial charge in [0.05, 0.1) is 11.9 Å². The van der Waals surface area contributed by atoms with Crippen molar-refractivity contribution in [2.24, 2.45) is 0 Å². The fraction of sp³-hybridized carbons (Fsp3) is 0.391. The molecule has 2 amide bonds. The van der Waals surface area contributed by atoms with Crippen LogP contribution in [-0.4, -0.2) is 51.0 Å². The maximum absolute atomic E-state index is 13.1. The lowest BCUT2D eigenvalue weighted by Gasteiger charge is -2.29. The third-order valence-electron chi connectivity index (χ3n) is 5.30. The molecule has 0 bridgehead atoms. The molecule has 33 heavy (non-hydrogen) atoms. The summed E-state index contributed by atoms with van der Waals surface area (Å²) in [6, 6.07) is 11.4. The number of rotatable bonds is 10. The minimum atomic E-state index is -3.60. The van der Waals surface area contributed by atoms with E-state index in [4.69, 9.17) is 23.2 Å². The lowest BCUT2D eigenvalue weighted by molar-refractivity contribution is -0.140. The van der Waals surface area contributed by atoms with E-state index < -0.39 is 16.1 Å². The summed E-state index contributed by atoms with van der Waals surface area (Å²) in [6.07, 6.45) is 1.43. The number of halogens is 2. The van der Waals surface area contributed by atoms with Gasteiger partial charge in [-0.3, -0.25) is 13.9 Å². The molecule has 0 radical (unpaired) electrons. The fourth-order valence-electron chi connectivity index (χ4n) is 3.44. The number of benzene rings is 2. The van der Waals surface area contributed by atoms with E-state index in [1.807, 2.05) is 6.07 Å². The molecule has 180 valence electrons. The minimum Gasteiger partial charge on any atom is -0.357 e. The molecule has 2 aromatic rings. The Morgan fingerprint density at radius 1 is 1.12 bits per heavy atom. The second kappa shape index (κ2) is 11.7. The zero-order valence-corrected chi connectivity index (χ0v) is 21.5. The van der Waals surface area contributed by atoms with Crippen LogP contribution in [-0.2, 0) is 26.2 Å². The van der Waals surface area contributed by atoms with Crippen molar-refractivity contribution in [3.63, 3.8) is 0 Å². The number of hydrogen-bond acceptors (Lipinski definition) is 4. The summed E-state index contributed by atoms with van der Waals surface area (Å²) in [6.45, 7) is 3.70. The Hall–Kier alpha value is -2.29. The molecule has 0 spiro atoms. The van der Waals surface area contributed by atoms with Crippen LogP contribution in [0.25, 0.3) is 0 Å². The second-order valence-electron chi connectivity index (χ2n) is 7.77. The first-order chi connectivity index (χ1) is 15.5. The third kappa shape index (κ3) is 7.35. The number of sulfonamides is 1. The number of likely N-dealkylation sites (N-methyl/N-ethyl adjacent to an activating group) is 1. The van der Waals surface area contributed by atoms with Crippen molar-refractivity contribution in [3.8, 4) is 0 Å². The molecule has 10 heteroatoms. The molecule has 0 saturated carbocycles. The van der Waals surface area contributed by atoms with E-state index in [0.29, 0.717) is 15.7 Å². The predicted octanol–water partition coefficient (Wildman–Crippen LogP) is 4.01. The molecule has 0 aliphatic carbocycles. The van der Waals surface area contributed by atoms with Crippen molar-refractivity contribution in [2.45, 2.75) is 39.3 Å². The second-order valence-corrected chi connectivity index (χ2v) is 10.5. The highest BCUT2D eigenvalue weighted by atomic mass is 35.5. The van der Waals surface area contributed by atoms with Gasteiger partial charge >= 0.3 is 0 Å². The Labute approximate surface area is 205 Å². The van der Waals surface area contributed by atoms with E-state index in [0.717, 1.165) is 17.4 Å². The van der Waals surface area contributed by atoms with E-state index in [9.17, 15) is 18.0 Å². The Balaban J connectivity index is 2.19. The first-order valence-electron chi connectivity index (χ1n) is 10.4. The quantitative estimate of drug-likeness (QED) is 0.519. The van der Waals surface area contributed by atoms with Crippen molar-refractivity contribution in [1.82, 2.24) is 10.2 Å². The van der Waals surface area contributed by atoms with Gasteiger partial charge in [0.2, 0.25) is 21.8 Å². The Morgan fingerprint density at radius 3 is 2.39 bits per heavy atom. The van der Waals surface area contributed by atoms with Gasteiger partial charge in [-0.15, -0.1) is 0 Å². The van der Waals surface area contributed by atoms with Crippen LogP contribution in [0.5, 0.6) is 0 Å². The van der Waals surface area contributed by atoms with Crippen LogP contribution in [0, 0.1) is 6.92 Å². The number of hydrogen-bond donors (Lipinski definition) is 1. The average Bonchev–Trinajstić information content (AvgIpc) is 2.76. The van der Waals surface area contributed by atoms with Crippen molar-refractivity contribution >= 4 is 50.7 Å². The molecule has 0 aromatic heterocycles. The first-order valence-corrected chi connectivity index (χ1v) is 13.0. The maximum atomic E-state index is 13.1. The largest absolute Gasteiger partial charge is 0.357 e. The van der Waals surface area contributed by atoms with Gasteiger partial charge in [-0.05, 0) is 49.6 Å². The Bertz CT molecular complexity index is 1110. The van der Waals surface area contributed by atoms with E-state index in [2.05, 4.69) is 5.32 Å². The minimum absolute atomic E-state index is 0.0530. The zero-order valence-electron chi connectivity index (χ0n) is 19.1. The lowest BCUT2D eigenvalue weighted by atomic mass is 10.1. The third-order valence-corrected chi connectivity index (χ3v) is 7.09. The van der Waals surface area contributed by atoms with Crippen molar-refractivity contribution < 1.29 is 18.0 Å². The van der Waals surface area contributed by atoms with Crippen LogP contribution in [0.1, 0.15) is 30.9 Å². The van der Waals surface area contributed by atoms with Crippen LogP contribution in [0.4, 0.5) is 5.69 Å². The summed E-state index contributed by atoms with van der Waals surface area (Å²) in [5.74, 6) is -0.579. The standard InChI is InChI=1S/C23H29Cl2N3O4S/c1-16-11-12-19(24)14-21(16)28(33(4,31)32)13-7-10-22(29)27(17(2)23(30)26-3)15-18-8-5-6-9-20(18)25/h5-6,8-9,11-12,14,17H,7,10,13,15H2,1-4H3,(H,26,30)/t17-/m1/s1. The van der Waals surface area contributed by atoms with E-state index in [-0.39, 0.29) is 37.7 Å². The highest BCUT2D eigenvalue weighted by Crippen LogP contribution is 2.27. The molecular formula is C23H29Cl2N3O4S. The molecular weight excluding hydrogens is 485 g/mol. The monoisotopic (exact) mass is 513 g/mol. The van der Waals surface area contributed by atoms with Gasteiger partial charge in [-0.1, -0.05) is 47.5 Å². The van der Waals surface area contributed by atoms with Gasteiger partial charge in [-0.2, -0.15) is 0 Å². The van der Waals surface area contributed by atoms with Gasteiger partial charge in [0.15, 0.2) is 0 Å². The summed E-state index contributed by atoms with van der Waals surface area (Å²) < 4.78 is 26.1. The van der Waals surface area contributed by atoms with Gasteiger partial charge in [-0.25, -0.2) is 8.42 Å². The Kier molecular flexibility index (Phi) is 9.57. The number of carbonyl (C=O) groups excluding carboxylic acids is 2. The summed E-state index contributed by atoms with van der Waals surface area (Å²) in [5, 5.41) is 3.48. The summed E-state index contributed by atoms with van der Waals surface area (Å²) in [7, 11) is -2.09. The van der Waals surface area contributed by atoms with Crippen LogP contribution in [0.3, 0.4) is 0 Å². The van der Waals surface area contributed by atoms with Crippen molar-refractivity contribution in [3.05, 3.63) is 63.6 Å². The van der Waals surface area contributed by atoms with E-state index in [1.54, 1.807) is 50.2 Å². The highest BCUT2D eigenvalue weighted by Gasteiger charge is 2.26. The van der Waals surface area contributed by atoms with E-state index in [1.165, 1.54) is 16.3 Å². The van der Waals surface area contributed by atoms with Crippen LogP contribution in [0.15, 0.2) is 42.5 Å². The maximum Gasteiger partial charge on any atom is 0.242 e. The smallest absolute Gasteiger partial charge is 0.242 e. The number of nitrogens with zero attached hydrogens (tertiary/aromatic N) is 2. The molecule has 0 heterocycles. The highest BCUT2D eigenvalue weighted by molar-refractivity contribution is 7.92. The molecule has 0 fully saturated rings. The number of nitrogens with one attached hydrogen (secondary N) is 1. The normalized spacial score (nSPS) is 12.2. The van der Waals surface area contributed by atoms with Crippen LogP contribution >= 0.6 is 23.2 Å².